The fourth-order valence-corrected chi connectivity index (χ4v) is 5.38. The van der Waals surface area contributed by atoms with Crippen LogP contribution in [0.4, 0.5) is 0 Å². The summed E-state index contributed by atoms with van der Waals surface area (Å²) >= 11 is 0. The number of unbranched alkanes of at least 4 members (excludes halogenated alkanes) is 2. The molecule has 194 valence electrons. The van der Waals surface area contributed by atoms with Gasteiger partial charge in [0.05, 0.1) is 11.3 Å². The van der Waals surface area contributed by atoms with Crippen LogP contribution >= 0.6 is 0 Å². The highest BCUT2D eigenvalue weighted by Crippen LogP contribution is 2.46. The van der Waals surface area contributed by atoms with Gasteiger partial charge in [-0.25, -0.2) is 9.78 Å². The number of carbonyl (C=O) groups is 2. The number of carbonyl (C=O) groups excluding carboxylic acids is 1. The molecule has 3 aromatic rings. The highest BCUT2D eigenvalue weighted by atomic mass is 16.4. The molecule has 1 aromatic heterocycles. The monoisotopic (exact) mass is 499 g/mol. The molecule has 0 spiro atoms. The Hall–Kier alpha value is -3.51. The molecule has 37 heavy (non-hydrogen) atoms. The van der Waals surface area contributed by atoms with Crippen LogP contribution in [0.15, 0.2) is 66.7 Å². The summed E-state index contributed by atoms with van der Waals surface area (Å²) in [6.07, 6.45) is 3.98. The van der Waals surface area contributed by atoms with E-state index in [-0.39, 0.29) is 17.9 Å². The van der Waals surface area contributed by atoms with E-state index in [4.69, 9.17) is 4.98 Å². The van der Waals surface area contributed by atoms with Crippen molar-refractivity contribution in [1.82, 2.24) is 14.8 Å². The van der Waals surface area contributed by atoms with Crippen molar-refractivity contribution < 1.29 is 14.7 Å². The zero-order valence-electron chi connectivity index (χ0n) is 22.1. The number of carboxylic acids is 1. The minimum absolute atomic E-state index is 0.0383. The van der Waals surface area contributed by atoms with Crippen LogP contribution in [0.2, 0.25) is 0 Å². The summed E-state index contributed by atoms with van der Waals surface area (Å²) in [5.74, 6) is -1.20. The molecule has 2 aromatic carbocycles. The van der Waals surface area contributed by atoms with Gasteiger partial charge in [0.15, 0.2) is 0 Å². The number of amides is 1. The lowest BCUT2D eigenvalue weighted by Gasteiger charge is -2.41. The molecule has 0 saturated carbocycles. The van der Waals surface area contributed by atoms with Gasteiger partial charge in [-0.15, -0.1) is 0 Å². The van der Waals surface area contributed by atoms with Gasteiger partial charge in [0, 0.05) is 31.6 Å². The second-order valence-corrected chi connectivity index (χ2v) is 9.88. The minimum atomic E-state index is -0.944. The molecule has 1 aliphatic heterocycles. The van der Waals surface area contributed by atoms with E-state index in [2.05, 4.69) is 30.9 Å². The molecule has 6 nitrogen and oxygen atoms in total. The molecule has 0 radical (unpaired) electrons. The predicted octanol–water partition coefficient (Wildman–Crippen LogP) is 6.14. The lowest BCUT2D eigenvalue weighted by molar-refractivity contribution is 0.0690. The van der Waals surface area contributed by atoms with Crippen LogP contribution < -0.4 is 0 Å². The number of hydrogen-bond acceptors (Lipinski definition) is 4. The van der Waals surface area contributed by atoms with Gasteiger partial charge >= 0.3 is 5.97 Å². The first kappa shape index (κ1) is 26.6. The van der Waals surface area contributed by atoms with E-state index in [0.717, 1.165) is 55.6 Å². The van der Waals surface area contributed by atoms with Gasteiger partial charge in [-0.1, -0.05) is 75.2 Å². The molecular formula is C31H37N3O3. The average Bonchev–Trinajstić information content (AvgIpc) is 2.92. The number of carboxylic acid groups (broad SMARTS) is 1. The molecule has 0 saturated heterocycles. The molecule has 6 heteroatoms. The summed E-state index contributed by atoms with van der Waals surface area (Å²) in [5, 5.41) is 9.97. The molecule has 2 atom stereocenters. The summed E-state index contributed by atoms with van der Waals surface area (Å²) in [6, 6.07) is 20.9. The summed E-state index contributed by atoms with van der Waals surface area (Å²) in [5.41, 5.74) is 4.58. The van der Waals surface area contributed by atoms with Crippen molar-refractivity contribution in [2.75, 3.05) is 20.1 Å². The lowest BCUT2D eigenvalue weighted by Crippen LogP contribution is -2.37. The normalized spacial score (nSPS) is 17.3. The molecular weight excluding hydrogens is 462 g/mol. The predicted molar refractivity (Wildman–Crippen MR) is 146 cm³/mol. The van der Waals surface area contributed by atoms with Gasteiger partial charge in [-0.3, -0.25) is 9.69 Å². The van der Waals surface area contributed by atoms with E-state index < -0.39 is 5.97 Å². The lowest BCUT2D eigenvalue weighted by atomic mass is 9.77. The Labute approximate surface area is 220 Å². The maximum absolute atomic E-state index is 13.6. The van der Waals surface area contributed by atoms with Crippen molar-refractivity contribution >= 4 is 11.9 Å². The van der Waals surface area contributed by atoms with E-state index in [1.807, 2.05) is 48.3 Å². The number of aromatic nitrogens is 1. The molecule has 2 heterocycles. The number of likely N-dealkylation sites (N-methyl/N-ethyl adjacent to an activating group) is 1. The molecule has 1 N–H and O–H groups in total. The van der Waals surface area contributed by atoms with Gasteiger partial charge < -0.3 is 10.0 Å². The first-order chi connectivity index (χ1) is 18.0. The van der Waals surface area contributed by atoms with E-state index in [0.29, 0.717) is 17.8 Å². The second-order valence-electron chi connectivity index (χ2n) is 9.88. The van der Waals surface area contributed by atoms with Gasteiger partial charge in [-0.2, -0.15) is 0 Å². The zero-order valence-corrected chi connectivity index (χ0v) is 22.1. The number of nitrogens with zero attached hydrogens (tertiary/aromatic N) is 3. The highest BCUT2D eigenvalue weighted by Gasteiger charge is 2.38. The molecule has 4 rings (SSSR count). The Morgan fingerprint density at radius 3 is 2.24 bits per heavy atom. The fraction of sp³-hybridized carbons (Fsp3) is 0.387. The third-order valence-electron chi connectivity index (χ3n) is 7.27. The number of fused-ring (bicyclic) bond motifs is 1. The maximum Gasteiger partial charge on any atom is 0.336 e. The van der Waals surface area contributed by atoms with Crippen LogP contribution in [0.5, 0.6) is 0 Å². The Morgan fingerprint density at radius 1 is 0.919 bits per heavy atom. The van der Waals surface area contributed by atoms with Crippen molar-refractivity contribution in [2.45, 2.75) is 58.0 Å². The first-order valence-electron chi connectivity index (χ1n) is 13.3. The smallest absolute Gasteiger partial charge is 0.336 e. The summed E-state index contributed by atoms with van der Waals surface area (Å²) in [6.45, 7) is 6.42. The van der Waals surface area contributed by atoms with Gasteiger partial charge in [0.25, 0.3) is 5.91 Å². The zero-order chi connectivity index (χ0) is 26.4. The van der Waals surface area contributed by atoms with Crippen molar-refractivity contribution in [2.24, 2.45) is 0 Å². The molecule has 2 unspecified atom stereocenters. The molecule has 1 aliphatic rings. The molecule has 0 fully saturated rings. The number of rotatable bonds is 10. The maximum atomic E-state index is 13.6. The van der Waals surface area contributed by atoms with Crippen LogP contribution in [-0.2, 0) is 6.54 Å². The standard InChI is InChI=1S/C31H37N3O3/c1-4-6-19-34(20-7-5-2)30(35)27-18-12-17-26(32-27)28-23-14-9-8-13-22(23)21-33(3)29(28)24-15-10-11-16-25(24)31(36)37/h8-18,28-29H,4-7,19-21H2,1-3H3,(H,36,37). The van der Waals surface area contributed by atoms with Gasteiger partial charge in [0.1, 0.15) is 5.69 Å². The number of hydrogen-bond donors (Lipinski definition) is 1. The van der Waals surface area contributed by atoms with E-state index in [1.165, 1.54) is 5.56 Å². The Morgan fingerprint density at radius 2 is 1.57 bits per heavy atom. The van der Waals surface area contributed by atoms with Gasteiger partial charge in [-0.05, 0) is 54.8 Å². The summed E-state index contributed by atoms with van der Waals surface area (Å²) in [7, 11) is 2.03. The Kier molecular flexibility index (Phi) is 8.72. The largest absolute Gasteiger partial charge is 0.478 e. The highest BCUT2D eigenvalue weighted by molar-refractivity contribution is 5.92. The van der Waals surface area contributed by atoms with Crippen molar-refractivity contribution in [1.29, 1.82) is 0 Å². The molecule has 0 aliphatic carbocycles. The van der Waals surface area contributed by atoms with Crippen LogP contribution in [0, 0.1) is 0 Å². The van der Waals surface area contributed by atoms with Gasteiger partial charge in [0.2, 0.25) is 0 Å². The van der Waals surface area contributed by atoms with Crippen LogP contribution in [0.1, 0.15) is 94.7 Å². The van der Waals surface area contributed by atoms with E-state index in [9.17, 15) is 14.7 Å². The van der Waals surface area contributed by atoms with Crippen molar-refractivity contribution in [3.8, 4) is 0 Å². The van der Waals surface area contributed by atoms with E-state index >= 15 is 0 Å². The Balaban J connectivity index is 1.80. The third kappa shape index (κ3) is 5.75. The average molecular weight is 500 g/mol. The first-order valence-corrected chi connectivity index (χ1v) is 13.3. The second kappa shape index (κ2) is 12.2. The minimum Gasteiger partial charge on any atom is -0.478 e. The van der Waals surface area contributed by atoms with E-state index in [1.54, 1.807) is 18.2 Å². The topological polar surface area (TPSA) is 73.7 Å². The number of aromatic carboxylic acids is 1. The molecule has 1 amide bonds. The summed E-state index contributed by atoms with van der Waals surface area (Å²) in [4.78, 5) is 34.8. The molecule has 0 bridgehead atoms. The van der Waals surface area contributed by atoms with Crippen LogP contribution in [0.25, 0.3) is 0 Å². The Bertz CT molecular complexity index is 1230. The van der Waals surface area contributed by atoms with Crippen LogP contribution in [0.3, 0.4) is 0 Å². The number of pyridine rings is 1. The third-order valence-corrected chi connectivity index (χ3v) is 7.27. The quantitative estimate of drug-likeness (QED) is 0.363. The summed E-state index contributed by atoms with van der Waals surface area (Å²) < 4.78 is 0. The number of benzene rings is 2. The van der Waals surface area contributed by atoms with Crippen molar-refractivity contribution in [3.63, 3.8) is 0 Å². The van der Waals surface area contributed by atoms with Crippen LogP contribution in [-0.4, -0.2) is 51.9 Å². The SMILES string of the molecule is CCCCN(CCCC)C(=O)c1cccc(C2c3ccccc3CN(C)C2c2ccccc2C(=O)O)n1. The fourth-order valence-electron chi connectivity index (χ4n) is 5.38. The van der Waals surface area contributed by atoms with Crippen molar-refractivity contribution in [3.05, 3.63) is 100 Å².